The molecule has 0 bridgehead atoms. The molecule has 2 aromatic rings. The van der Waals surface area contributed by atoms with Gasteiger partial charge in [0.15, 0.2) is 5.84 Å². The molecule has 0 unspecified atom stereocenters. The molecule has 0 saturated heterocycles. The van der Waals surface area contributed by atoms with Gasteiger partial charge in [-0.3, -0.25) is 0 Å². The third-order valence-electron chi connectivity index (χ3n) is 2.77. The van der Waals surface area contributed by atoms with E-state index in [4.69, 9.17) is 11.6 Å². The van der Waals surface area contributed by atoms with Gasteiger partial charge in [0.1, 0.15) is 0 Å². The van der Waals surface area contributed by atoms with E-state index >= 15 is 0 Å². The highest BCUT2D eigenvalue weighted by Gasteiger charge is 2.14. The zero-order chi connectivity index (χ0) is 12.5. The summed E-state index contributed by atoms with van der Waals surface area (Å²) in [6, 6.07) is 13.4. The van der Waals surface area contributed by atoms with Crippen molar-refractivity contribution in [3.63, 3.8) is 0 Å². The van der Waals surface area contributed by atoms with Crippen molar-refractivity contribution in [1.82, 2.24) is 0 Å². The molecule has 1 aliphatic rings. The molecule has 3 nitrogen and oxygen atoms in total. The van der Waals surface area contributed by atoms with Crippen LogP contribution in [0.2, 0.25) is 5.02 Å². The number of fused-ring (bicyclic) bond motifs is 2. The summed E-state index contributed by atoms with van der Waals surface area (Å²) in [5, 5.41) is 3.98. The largest absolute Gasteiger partial charge is 0.353 e. The minimum atomic E-state index is 0.596. The van der Waals surface area contributed by atoms with E-state index in [-0.39, 0.29) is 0 Å². The number of anilines is 2. The number of nitrogens with one attached hydrogen (secondary N) is 1. The van der Waals surface area contributed by atoms with Crippen LogP contribution in [0.25, 0.3) is 0 Å². The van der Waals surface area contributed by atoms with Gasteiger partial charge in [0.25, 0.3) is 0 Å². The van der Waals surface area contributed by atoms with Crippen LogP contribution in [-0.2, 0) is 0 Å². The Morgan fingerprint density at radius 1 is 1.11 bits per heavy atom. The first-order valence-electron chi connectivity index (χ1n) is 5.49. The van der Waals surface area contributed by atoms with Crippen LogP contribution < -0.4 is 5.32 Å². The molecule has 0 saturated carbocycles. The Labute approximate surface area is 110 Å². The van der Waals surface area contributed by atoms with E-state index in [2.05, 4.69) is 22.0 Å². The van der Waals surface area contributed by atoms with Crippen LogP contribution in [0.4, 0.5) is 17.1 Å². The van der Waals surface area contributed by atoms with Gasteiger partial charge >= 0.3 is 0 Å². The Hall–Kier alpha value is -2.13. The smallest absolute Gasteiger partial charge is 0.161 e. The Morgan fingerprint density at radius 3 is 2.78 bits per heavy atom. The predicted molar refractivity (Wildman–Crippen MR) is 76.9 cm³/mol. The second-order valence-electron chi connectivity index (χ2n) is 3.93. The van der Waals surface area contributed by atoms with Crippen molar-refractivity contribution in [2.45, 2.75) is 0 Å². The molecule has 18 heavy (non-hydrogen) atoms. The molecule has 0 atom stereocenters. The van der Waals surface area contributed by atoms with E-state index in [0.29, 0.717) is 10.9 Å². The molecular formula is C14H10ClN3. The second kappa shape index (κ2) is 4.27. The maximum Gasteiger partial charge on any atom is 0.161 e. The van der Waals surface area contributed by atoms with Crippen molar-refractivity contribution < 1.29 is 0 Å². The molecule has 2 aromatic carbocycles. The fraction of sp³-hybridized carbons (Fsp3) is 0. The van der Waals surface area contributed by atoms with Crippen LogP contribution in [0.1, 0.15) is 5.56 Å². The average molecular weight is 256 g/mol. The van der Waals surface area contributed by atoms with Gasteiger partial charge in [0, 0.05) is 16.3 Å². The normalized spacial score (nSPS) is 12.6. The number of benzene rings is 2. The van der Waals surface area contributed by atoms with E-state index in [1.165, 1.54) is 0 Å². The van der Waals surface area contributed by atoms with Gasteiger partial charge < -0.3 is 5.32 Å². The maximum absolute atomic E-state index is 5.99. The van der Waals surface area contributed by atoms with Crippen molar-refractivity contribution in [3.8, 4) is 0 Å². The standard InChI is InChI=1S/C14H10ClN3/c1-16-14-10-4-2-3-5-11(10)17-12-7-6-9(15)8-13(12)18-14/h2-8,17H,1H2. The highest BCUT2D eigenvalue weighted by atomic mass is 35.5. The molecule has 1 heterocycles. The first kappa shape index (κ1) is 11.0. The lowest BCUT2D eigenvalue weighted by Gasteiger charge is -2.08. The predicted octanol–water partition coefficient (Wildman–Crippen LogP) is 4.18. The average Bonchev–Trinajstić information content (AvgIpc) is 2.54. The van der Waals surface area contributed by atoms with Crippen molar-refractivity contribution in [3.05, 3.63) is 53.1 Å². The van der Waals surface area contributed by atoms with Crippen LogP contribution in [0, 0.1) is 0 Å². The van der Waals surface area contributed by atoms with Crippen molar-refractivity contribution in [1.29, 1.82) is 0 Å². The topological polar surface area (TPSA) is 36.8 Å². The fourth-order valence-corrected chi connectivity index (χ4v) is 2.10. The second-order valence-corrected chi connectivity index (χ2v) is 4.36. The van der Waals surface area contributed by atoms with Gasteiger partial charge in [0.05, 0.1) is 11.4 Å². The number of rotatable bonds is 0. The number of halogens is 1. The number of hydrogen-bond donors (Lipinski definition) is 1. The number of aliphatic imine (C=N–C) groups is 2. The maximum atomic E-state index is 5.99. The first-order chi connectivity index (χ1) is 8.78. The molecular weight excluding hydrogens is 246 g/mol. The number of para-hydroxylation sites is 1. The van der Waals surface area contributed by atoms with Crippen molar-refractivity contribution in [2.24, 2.45) is 9.98 Å². The zero-order valence-corrected chi connectivity index (χ0v) is 10.3. The third-order valence-corrected chi connectivity index (χ3v) is 3.01. The fourth-order valence-electron chi connectivity index (χ4n) is 1.93. The first-order valence-corrected chi connectivity index (χ1v) is 5.87. The summed E-state index contributed by atoms with van der Waals surface area (Å²) in [7, 11) is 0. The molecule has 4 heteroatoms. The highest BCUT2D eigenvalue weighted by Crippen LogP contribution is 2.35. The Bertz CT molecular complexity index is 662. The molecule has 0 fully saturated rings. The molecule has 0 amide bonds. The SMILES string of the molecule is C=NC1=Nc2cc(Cl)ccc2Nc2ccccc21. The van der Waals surface area contributed by atoms with Crippen LogP contribution in [0.3, 0.4) is 0 Å². The lowest BCUT2D eigenvalue weighted by Crippen LogP contribution is -1.98. The van der Waals surface area contributed by atoms with Gasteiger partial charge in [-0.25, -0.2) is 9.98 Å². The molecule has 0 radical (unpaired) electrons. The minimum absolute atomic E-state index is 0.596. The van der Waals surface area contributed by atoms with Crippen LogP contribution in [0.15, 0.2) is 52.4 Å². The van der Waals surface area contributed by atoms with Crippen LogP contribution in [-0.4, -0.2) is 12.6 Å². The summed E-state index contributed by atoms with van der Waals surface area (Å²) >= 11 is 5.99. The number of amidine groups is 1. The number of nitrogens with zero attached hydrogens (tertiary/aromatic N) is 2. The number of hydrogen-bond acceptors (Lipinski definition) is 3. The summed E-state index contributed by atoms with van der Waals surface area (Å²) in [4.78, 5) is 8.49. The lowest BCUT2D eigenvalue weighted by atomic mass is 10.1. The van der Waals surface area contributed by atoms with E-state index < -0.39 is 0 Å². The molecule has 0 aliphatic carbocycles. The third kappa shape index (κ3) is 1.79. The van der Waals surface area contributed by atoms with Gasteiger partial charge in [-0.05, 0) is 37.0 Å². The lowest BCUT2D eigenvalue weighted by molar-refractivity contribution is 1.48. The van der Waals surface area contributed by atoms with Gasteiger partial charge in [-0.2, -0.15) is 0 Å². The summed E-state index contributed by atoms with van der Waals surface area (Å²) in [6.07, 6.45) is 0. The molecule has 88 valence electrons. The van der Waals surface area contributed by atoms with E-state index in [0.717, 1.165) is 22.6 Å². The Balaban J connectivity index is 2.27. The molecule has 1 aliphatic heterocycles. The zero-order valence-electron chi connectivity index (χ0n) is 9.52. The van der Waals surface area contributed by atoms with E-state index in [9.17, 15) is 0 Å². The minimum Gasteiger partial charge on any atom is -0.353 e. The van der Waals surface area contributed by atoms with Crippen LogP contribution in [0.5, 0.6) is 0 Å². The summed E-state index contributed by atoms with van der Waals surface area (Å²) < 4.78 is 0. The van der Waals surface area contributed by atoms with Crippen molar-refractivity contribution >= 4 is 41.2 Å². The molecule has 0 aromatic heterocycles. The van der Waals surface area contributed by atoms with Crippen LogP contribution >= 0.6 is 11.6 Å². The molecule has 3 rings (SSSR count). The summed E-state index contributed by atoms with van der Waals surface area (Å²) in [6.45, 7) is 3.58. The highest BCUT2D eigenvalue weighted by molar-refractivity contribution is 6.31. The monoisotopic (exact) mass is 255 g/mol. The quantitative estimate of drug-likeness (QED) is 0.705. The molecule has 1 N–H and O–H groups in total. The van der Waals surface area contributed by atoms with E-state index in [1.54, 1.807) is 6.07 Å². The van der Waals surface area contributed by atoms with E-state index in [1.807, 2.05) is 36.4 Å². The van der Waals surface area contributed by atoms with Gasteiger partial charge in [0.2, 0.25) is 0 Å². The Kier molecular flexibility index (Phi) is 2.61. The molecule has 0 spiro atoms. The van der Waals surface area contributed by atoms with Gasteiger partial charge in [-0.15, -0.1) is 0 Å². The summed E-state index contributed by atoms with van der Waals surface area (Å²) in [5.41, 5.74) is 3.57. The summed E-state index contributed by atoms with van der Waals surface area (Å²) in [5.74, 6) is 0.596. The van der Waals surface area contributed by atoms with Gasteiger partial charge in [-0.1, -0.05) is 23.7 Å². The van der Waals surface area contributed by atoms with Crippen molar-refractivity contribution in [2.75, 3.05) is 5.32 Å². The Morgan fingerprint density at radius 2 is 1.94 bits per heavy atom.